The van der Waals surface area contributed by atoms with Crippen molar-refractivity contribution in [1.82, 2.24) is 25.0 Å². The Morgan fingerprint density at radius 2 is 1.70 bits per heavy atom. The van der Waals surface area contributed by atoms with E-state index in [1.165, 1.54) is 61.1 Å². The molecule has 50 heavy (non-hydrogen) atoms. The third-order valence-corrected chi connectivity index (χ3v) is 8.99. The maximum absolute atomic E-state index is 15.3. The molecule has 0 spiro atoms. The topological polar surface area (TPSA) is 156 Å². The number of alkyl halides is 4. The van der Waals surface area contributed by atoms with E-state index in [1.54, 1.807) is 0 Å². The molecule has 0 saturated carbocycles. The third-order valence-electron chi connectivity index (χ3n) is 7.82. The second kappa shape index (κ2) is 11.5. The number of halogens is 5. The first-order valence-corrected chi connectivity index (χ1v) is 16.3. The van der Waals surface area contributed by atoms with Crippen LogP contribution in [0, 0.1) is 12.7 Å². The number of sulfone groups is 1. The molecule has 3 aromatic heterocycles. The van der Waals surface area contributed by atoms with Gasteiger partial charge in [0, 0.05) is 42.5 Å². The molecule has 0 radical (unpaired) electrons. The molecule has 0 saturated heterocycles. The first-order chi connectivity index (χ1) is 23.6. The number of oxazole rings is 1. The molecule has 0 atom stereocenters. The van der Waals surface area contributed by atoms with Crippen molar-refractivity contribution in [2.75, 3.05) is 6.26 Å². The predicted molar refractivity (Wildman–Crippen MR) is 162 cm³/mol. The van der Waals surface area contributed by atoms with Crippen LogP contribution in [0.2, 0.25) is 0 Å². The number of rotatable bonds is 8. The Balaban J connectivity index is 1.45. The molecule has 4 heterocycles. The van der Waals surface area contributed by atoms with Gasteiger partial charge in [-0.05, 0) is 53.6 Å². The lowest BCUT2D eigenvalue weighted by molar-refractivity contribution is -0.286. The van der Waals surface area contributed by atoms with Crippen LogP contribution in [0.1, 0.15) is 23.0 Å². The van der Waals surface area contributed by atoms with Gasteiger partial charge in [-0.15, -0.1) is 19.0 Å². The number of aliphatic hydroxyl groups excluding tert-OH is 1. The number of hydrogen-bond acceptors (Lipinski definition) is 11. The minimum atomic E-state index is -4.00. The number of fused-ring (bicyclic) bond motifs is 1. The zero-order valence-electron chi connectivity index (χ0n) is 25.9. The van der Waals surface area contributed by atoms with Gasteiger partial charge >= 0.3 is 12.2 Å². The first-order valence-electron chi connectivity index (χ1n) is 14.4. The molecule has 6 aromatic rings. The number of benzene rings is 3. The third kappa shape index (κ3) is 5.65. The highest BCUT2D eigenvalue weighted by atomic mass is 32.2. The van der Waals surface area contributed by atoms with E-state index in [0.29, 0.717) is 0 Å². The van der Waals surface area contributed by atoms with Gasteiger partial charge in [0.15, 0.2) is 33.0 Å². The molecule has 18 heteroatoms. The van der Waals surface area contributed by atoms with E-state index >= 15 is 13.2 Å². The molecule has 0 amide bonds. The van der Waals surface area contributed by atoms with Crippen molar-refractivity contribution >= 4 is 9.84 Å². The molecule has 1 aliphatic heterocycles. The van der Waals surface area contributed by atoms with Crippen molar-refractivity contribution in [2.45, 2.75) is 30.6 Å². The van der Waals surface area contributed by atoms with E-state index in [-0.39, 0.29) is 62.4 Å². The van der Waals surface area contributed by atoms with Crippen LogP contribution in [-0.4, -0.2) is 51.0 Å². The van der Waals surface area contributed by atoms with E-state index in [0.717, 1.165) is 24.8 Å². The fourth-order valence-corrected chi connectivity index (χ4v) is 6.54. The van der Waals surface area contributed by atoms with Gasteiger partial charge in [-0.25, -0.2) is 17.8 Å². The zero-order valence-corrected chi connectivity index (χ0v) is 26.7. The van der Waals surface area contributed by atoms with Gasteiger partial charge in [0.1, 0.15) is 17.2 Å². The van der Waals surface area contributed by atoms with E-state index in [9.17, 15) is 22.3 Å². The molecule has 0 unspecified atom stereocenters. The Morgan fingerprint density at radius 1 is 0.960 bits per heavy atom. The standard InChI is InChI=1S/C32H22F5N5O7S/c1-15-39-28(17-5-7-24-25(10-17)49-32(36,37)48-24)29(47-15)20-8-16(18-9-22(33)21(13-43)26(11-18)50(3,44)45)4-6-19(20)23-12-27(41-42(23)2)31(34,35)30-40-38-14-46-30/h4-12,14,43H,13H2,1-3H3. The van der Waals surface area contributed by atoms with Crippen LogP contribution in [0.4, 0.5) is 22.0 Å². The monoisotopic (exact) mass is 715 g/mol. The predicted octanol–water partition coefficient (Wildman–Crippen LogP) is 6.26. The van der Waals surface area contributed by atoms with Crippen LogP contribution in [0.3, 0.4) is 0 Å². The van der Waals surface area contributed by atoms with Crippen LogP contribution in [0.5, 0.6) is 11.5 Å². The summed E-state index contributed by atoms with van der Waals surface area (Å²) >= 11 is 0. The van der Waals surface area contributed by atoms with Gasteiger partial charge in [0.2, 0.25) is 6.39 Å². The van der Waals surface area contributed by atoms with Gasteiger partial charge in [0.25, 0.3) is 5.89 Å². The fraction of sp³-hybridized carbons (Fsp3) is 0.188. The Kier molecular flexibility index (Phi) is 7.56. The summed E-state index contributed by atoms with van der Waals surface area (Å²) in [6, 6.07) is 11.7. The van der Waals surface area contributed by atoms with Crippen LogP contribution in [-0.2, 0) is 29.4 Å². The summed E-state index contributed by atoms with van der Waals surface area (Å²) in [6.45, 7) is 0.643. The molecule has 1 aliphatic rings. The maximum Gasteiger partial charge on any atom is 0.586 e. The number of nitrogens with zero attached hydrogens (tertiary/aromatic N) is 5. The molecule has 12 nitrogen and oxygen atoms in total. The summed E-state index contributed by atoms with van der Waals surface area (Å²) in [5, 5.41) is 20.3. The smallest absolute Gasteiger partial charge is 0.440 e. The number of hydrogen-bond donors (Lipinski definition) is 1. The normalized spacial score (nSPS) is 14.0. The van der Waals surface area contributed by atoms with Gasteiger partial charge < -0.3 is 23.4 Å². The van der Waals surface area contributed by atoms with Gasteiger partial charge in [0.05, 0.1) is 17.2 Å². The SMILES string of the molecule is Cc1nc(-c2ccc3c(c2)OC(F)(F)O3)c(-c2cc(-c3cc(F)c(CO)c(S(C)(=O)=O)c3)ccc2-c2cc(C(F)(F)c3nnco3)nn2C)o1. The summed E-state index contributed by atoms with van der Waals surface area (Å²) in [7, 11) is -2.60. The van der Waals surface area contributed by atoms with Crippen molar-refractivity contribution in [3.63, 3.8) is 0 Å². The molecule has 0 aliphatic carbocycles. The van der Waals surface area contributed by atoms with Crippen molar-refractivity contribution in [3.05, 3.63) is 89.8 Å². The van der Waals surface area contributed by atoms with Crippen LogP contribution in [0.25, 0.3) is 45.0 Å². The summed E-state index contributed by atoms with van der Waals surface area (Å²) in [6.07, 6.45) is -2.27. The van der Waals surface area contributed by atoms with Crippen LogP contribution in [0.15, 0.2) is 74.7 Å². The van der Waals surface area contributed by atoms with Crippen molar-refractivity contribution in [3.8, 4) is 56.5 Å². The summed E-state index contributed by atoms with van der Waals surface area (Å²) in [5.74, 6) is -6.10. The fourth-order valence-electron chi connectivity index (χ4n) is 5.59. The average molecular weight is 716 g/mol. The molecule has 0 fully saturated rings. The molecule has 0 bridgehead atoms. The van der Waals surface area contributed by atoms with E-state index in [1.807, 2.05) is 0 Å². The Bertz CT molecular complexity index is 2410. The maximum atomic E-state index is 15.3. The molecule has 7 rings (SSSR count). The van der Waals surface area contributed by atoms with Gasteiger partial charge in [-0.3, -0.25) is 4.68 Å². The minimum absolute atomic E-state index is 0.0344. The Morgan fingerprint density at radius 3 is 2.40 bits per heavy atom. The first kappa shape index (κ1) is 32.9. The van der Waals surface area contributed by atoms with E-state index in [4.69, 9.17) is 8.83 Å². The lowest BCUT2D eigenvalue weighted by Gasteiger charge is -2.14. The molecule has 3 aromatic carbocycles. The number of aliphatic hydroxyl groups is 1. The molecular weight excluding hydrogens is 693 g/mol. The van der Waals surface area contributed by atoms with Crippen molar-refractivity contribution in [2.24, 2.45) is 7.05 Å². The Labute approximate surface area is 278 Å². The number of ether oxygens (including phenoxy) is 2. The number of aromatic nitrogens is 5. The van der Waals surface area contributed by atoms with Crippen LogP contribution >= 0.6 is 0 Å². The summed E-state index contributed by atoms with van der Waals surface area (Å²) in [4.78, 5) is 4.02. The molecule has 258 valence electrons. The van der Waals surface area contributed by atoms with E-state index < -0.39 is 56.5 Å². The lowest BCUT2D eigenvalue weighted by Crippen LogP contribution is -2.25. The highest BCUT2D eigenvalue weighted by Crippen LogP contribution is 2.46. The second-order valence-electron chi connectivity index (χ2n) is 11.2. The minimum Gasteiger partial charge on any atom is -0.440 e. The highest BCUT2D eigenvalue weighted by Gasteiger charge is 2.44. The second-order valence-corrected chi connectivity index (χ2v) is 13.2. The Hall–Kier alpha value is -5.62. The van der Waals surface area contributed by atoms with Crippen molar-refractivity contribution in [1.29, 1.82) is 0 Å². The van der Waals surface area contributed by atoms with E-state index in [2.05, 4.69) is 29.8 Å². The summed E-state index contributed by atoms with van der Waals surface area (Å²) in [5.41, 5.74) is 0.120. The van der Waals surface area contributed by atoms with Crippen LogP contribution < -0.4 is 9.47 Å². The van der Waals surface area contributed by atoms with Crippen molar-refractivity contribution < 1.29 is 53.8 Å². The van der Waals surface area contributed by atoms with Gasteiger partial charge in [-0.1, -0.05) is 12.1 Å². The lowest BCUT2D eigenvalue weighted by atomic mass is 9.93. The highest BCUT2D eigenvalue weighted by molar-refractivity contribution is 7.90. The van der Waals surface area contributed by atoms with Gasteiger partial charge in [-0.2, -0.15) is 13.9 Å². The molecular formula is C32H22F5N5O7S. The largest absolute Gasteiger partial charge is 0.586 e. The quantitative estimate of drug-likeness (QED) is 0.178. The number of aryl methyl sites for hydroxylation is 2. The average Bonchev–Trinajstić information content (AvgIpc) is 3.85. The summed E-state index contributed by atoms with van der Waals surface area (Å²) < 4.78 is 120. The molecule has 1 N–H and O–H groups in total. The zero-order chi connectivity index (χ0) is 35.7.